The van der Waals surface area contributed by atoms with Gasteiger partial charge in [0.15, 0.2) is 0 Å². The van der Waals surface area contributed by atoms with Crippen molar-refractivity contribution in [2.45, 2.75) is 18.4 Å². The number of hydrogen-bond donors (Lipinski definition) is 2. The summed E-state index contributed by atoms with van der Waals surface area (Å²) in [5, 5.41) is 12.8. The number of allylic oxidation sites excluding steroid dienone is 2. The summed E-state index contributed by atoms with van der Waals surface area (Å²) in [6.45, 7) is 0. The third kappa shape index (κ3) is 2.13. The molecular formula is C19H16FNO2. The van der Waals surface area contributed by atoms with E-state index >= 15 is 0 Å². The number of benzene rings is 2. The van der Waals surface area contributed by atoms with Gasteiger partial charge in [-0.05, 0) is 30.0 Å². The topological polar surface area (TPSA) is 49.3 Å². The molecule has 0 radical (unpaired) electrons. The van der Waals surface area contributed by atoms with Crippen LogP contribution in [0.25, 0.3) is 0 Å². The van der Waals surface area contributed by atoms with Gasteiger partial charge in [-0.3, -0.25) is 0 Å². The van der Waals surface area contributed by atoms with Gasteiger partial charge in [-0.25, -0.2) is 9.18 Å². The summed E-state index contributed by atoms with van der Waals surface area (Å²) >= 11 is 0. The van der Waals surface area contributed by atoms with E-state index in [1.54, 1.807) is 24.3 Å². The Labute approximate surface area is 133 Å². The van der Waals surface area contributed by atoms with Crippen molar-refractivity contribution >= 4 is 11.7 Å². The molecule has 0 fully saturated rings. The molecular weight excluding hydrogens is 293 g/mol. The van der Waals surface area contributed by atoms with Crippen molar-refractivity contribution in [3.05, 3.63) is 77.1 Å². The molecule has 0 saturated heterocycles. The molecule has 2 aromatic rings. The van der Waals surface area contributed by atoms with Gasteiger partial charge in [0, 0.05) is 11.5 Å². The van der Waals surface area contributed by atoms with Gasteiger partial charge >= 0.3 is 5.97 Å². The van der Waals surface area contributed by atoms with Crippen molar-refractivity contribution < 1.29 is 14.3 Å². The van der Waals surface area contributed by atoms with Gasteiger partial charge in [-0.2, -0.15) is 0 Å². The van der Waals surface area contributed by atoms with Crippen LogP contribution in [-0.4, -0.2) is 11.1 Å². The molecule has 0 amide bonds. The number of nitrogens with one attached hydrogen (secondary N) is 1. The maximum absolute atomic E-state index is 14.3. The van der Waals surface area contributed by atoms with Gasteiger partial charge in [-0.1, -0.05) is 42.5 Å². The van der Waals surface area contributed by atoms with Crippen LogP contribution in [0.3, 0.4) is 0 Å². The molecule has 116 valence electrons. The van der Waals surface area contributed by atoms with Crippen molar-refractivity contribution in [2.75, 3.05) is 5.32 Å². The molecule has 4 rings (SSSR count). The Bertz CT molecular complexity index is 815. The van der Waals surface area contributed by atoms with E-state index in [9.17, 15) is 14.3 Å². The van der Waals surface area contributed by atoms with Crippen LogP contribution in [0, 0.1) is 11.7 Å². The first kappa shape index (κ1) is 14.0. The van der Waals surface area contributed by atoms with Crippen LogP contribution in [0.4, 0.5) is 10.1 Å². The van der Waals surface area contributed by atoms with Crippen molar-refractivity contribution in [2.24, 2.45) is 5.92 Å². The molecule has 1 heterocycles. The Morgan fingerprint density at radius 3 is 2.70 bits per heavy atom. The second kappa shape index (κ2) is 5.23. The minimum atomic E-state index is -0.970. The van der Waals surface area contributed by atoms with E-state index in [-0.39, 0.29) is 29.3 Å². The molecule has 1 aliphatic carbocycles. The number of rotatable bonds is 2. The minimum Gasteiger partial charge on any atom is -0.478 e. The summed E-state index contributed by atoms with van der Waals surface area (Å²) < 4.78 is 14.3. The van der Waals surface area contributed by atoms with Crippen LogP contribution in [0.1, 0.15) is 39.9 Å². The lowest BCUT2D eigenvalue weighted by atomic mass is 9.76. The zero-order valence-electron chi connectivity index (χ0n) is 12.4. The van der Waals surface area contributed by atoms with Crippen LogP contribution in [-0.2, 0) is 0 Å². The second-order valence-corrected chi connectivity index (χ2v) is 6.07. The highest BCUT2D eigenvalue weighted by Gasteiger charge is 2.40. The number of anilines is 1. The maximum Gasteiger partial charge on any atom is 0.337 e. The van der Waals surface area contributed by atoms with E-state index in [0.29, 0.717) is 11.3 Å². The Morgan fingerprint density at radius 2 is 1.91 bits per heavy atom. The second-order valence-electron chi connectivity index (χ2n) is 6.07. The molecule has 4 heteroatoms. The molecule has 2 N–H and O–H groups in total. The molecule has 3 nitrogen and oxygen atoms in total. The average Bonchev–Trinajstić information content (AvgIpc) is 3.04. The third-order valence-corrected chi connectivity index (χ3v) is 4.87. The summed E-state index contributed by atoms with van der Waals surface area (Å²) in [6.07, 6.45) is 5.07. The van der Waals surface area contributed by atoms with E-state index in [1.807, 2.05) is 12.1 Å². The lowest BCUT2D eigenvalue weighted by Crippen LogP contribution is -2.30. The maximum atomic E-state index is 14.3. The predicted octanol–water partition coefficient (Wildman–Crippen LogP) is 4.35. The van der Waals surface area contributed by atoms with Crippen LogP contribution in [0.2, 0.25) is 0 Å². The van der Waals surface area contributed by atoms with Gasteiger partial charge in [0.1, 0.15) is 5.82 Å². The summed E-state index contributed by atoms with van der Waals surface area (Å²) in [4.78, 5) is 11.5. The van der Waals surface area contributed by atoms with E-state index in [1.165, 1.54) is 6.07 Å². The van der Waals surface area contributed by atoms with Crippen LogP contribution < -0.4 is 5.32 Å². The van der Waals surface area contributed by atoms with Gasteiger partial charge in [-0.15, -0.1) is 0 Å². The van der Waals surface area contributed by atoms with Crippen LogP contribution in [0.5, 0.6) is 0 Å². The van der Waals surface area contributed by atoms with Gasteiger partial charge < -0.3 is 10.4 Å². The SMILES string of the molecule is O=C(O)c1cccc2c1N[C@H](c1ccccc1F)[C@@H]1CC=C[C@H]21. The normalized spacial score (nSPS) is 24.7. The zero-order valence-corrected chi connectivity index (χ0v) is 12.4. The van der Waals surface area contributed by atoms with E-state index in [4.69, 9.17) is 0 Å². The molecule has 0 spiro atoms. The van der Waals surface area contributed by atoms with Gasteiger partial charge in [0.2, 0.25) is 0 Å². The fourth-order valence-electron chi connectivity index (χ4n) is 3.83. The monoisotopic (exact) mass is 309 g/mol. The minimum absolute atomic E-state index is 0.121. The summed E-state index contributed by atoms with van der Waals surface area (Å²) in [6, 6.07) is 11.8. The Balaban J connectivity index is 1.87. The van der Waals surface area contributed by atoms with Crippen LogP contribution in [0.15, 0.2) is 54.6 Å². The van der Waals surface area contributed by atoms with Crippen molar-refractivity contribution in [3.63, 3.8) is 0 Å². The van der Waals surface area contributed by atoms with Crippen molar-refractivity contribution in [1.29, 1.82) is 0 Å². The highest BCUT2D eigenvalue weighted by atomic mass is 19.1. The van der Waals surface area contributed by atoms with E-state index in [2.05, 4.69) is 17.5 Å². The highest BCUT2D eigenvalue weighted by Crippen LogP contribution is 2.50. The lowest BCUT2D eigenvalue weighted by Gasteiger charge is -2.38. The fourth-order valence-corrected chi connectivity index (χ4v) is 3.83. The quantitative estimate of drug-likeness (QED) is 0.811. The van der Waals surface area contributed by atoms with Crippen LogP contribution >= 0.6 is 0 Å². The Kier molecular flexibility index (Phi) is 3.18. The van der Waals surface area contributed by atoms with Crippen molar-refractivity contribution in [3.8, 4) is 0 Å². The summed E-state index contributed by atoms with van der Waals surface area (Å²) in [5.41, 5.74) is 2.43. The number of fused-ring (bicyclic) bond motifs is 3. The highest BCUT2D eigenvalue weighted by molar-refractivity contribution is 5.95. The molecule has 0 unspecified atom stereocenters. The first-order valence-corrected chi connectivity index (χ1v) is 7.70. The number of aromatic carboxylic acids is 1. The first-order chi connectivity index (χ1) is 11.2. The van der Waals surface area contributed by atoms with Gasteiger partial charge in [0.25, 0.3) is 0 Å². The Morgan fingerprint density at radius 1 is 1.13 bits per heavy atom. The molecule has 2 aromatic carbocycles. The number of para-hydroxylation sites is 1. The number of carboxylic acid groups (broad SMARTS) is 1. The first-order valence-electron chi connectivity index (χ1n) is 7.70. The molecule has 0 aromatic heterocycles. The number of carboxylic acids is 1. The number of halogens is 1. The van der Waals surface area contributed by atoms with E-state index in [0.717, 1.165) is 12.0 Å². The molecule has 2 aliphatic rings. The predicted molar refractivity (Wildman–Crippen MR) is 86.2 cm³/mol. The fraction of sp³-hybridized carbons (Fsp3) is 0.211. The van der Waals surface area contributed by atoms with Crippen molar-refractivity contribution in [1.82, 2.24) is 0 Å². The molecule has 1 aliphatic heterocycles. The number of hydrogen-bond acceptors (Lipinski definition) is 2. The average molecular weight is 309 g/mol. The molecule has 0 saturated carbocycles. The molecule has 23 heavy (non-hydrogen) atoms. The smallest absolute Gasteiger partial charge is 0.337 e. The summed E-state index contributed by atoms with van der Waals surface area (Å²) in [5.74, 6) is -0.910. The standard InChI is InChI=1S/C19H16FNO2/c20-16-10-2-1-5-14(16)17-12-7-3-6-11(12)13-8-4-9-15(19(22)23)18(13)21-17/h1-6,8-12,17,21H,7H2,(H,22,23)/t11-,12+,17-/m0/s1. The molecule has 0 bridgehead atoms. The largest absolute Gasteiger partial charge is 0.478 e. The number of carbonyl (C=O) groups is 1. The summed E-state index contributed by atoms with van der Waals surface area (Å²) in [7, 11) is 0. The molecule has 3 atom stereocenters. The Hall–Kier alpha value is -2.62. The van der Waals surface area contributed by atoms with Gasteiger partial charge in [0.05, 0.1) is 17.3 Å². The van der Waals surface area contributed by atoms with E-state index < -0.39 is 5.97 Å². The lowest BCUT2D eigenvalue weighted by molar-refractivity contribution is 0.0697. The third-order valence-electron chi connectivity index (χ3n) is 4.87. The zero-order chi connectivity index (χ0) is 16.0.